The molecule has 1 aliphatic carbocycles. The summed E-state index contributed by atoms with van der Waals surface area (Å²) in [4.78, 5) is 18.5. The van der Waals surface area contributed by atoms with Gasteiger partial charge in [-0.2, -0.15) is 0 Å². The van der Waals surface area contributed by atoms with Crippen molar-refractivity contribution in [3.05, 3.63) is 41.9 Å². The van der Waals surface area contributed by atoms with E-state index in [4.69, 9.17) is 4.42 Å². The summed E-state index contributed by atoms with van der Waals surface area (Å²) in [5.41, 5.74) is 0.160. The lowest BCUT2D eigenvalue weighted by Gasteiger charge is -2.29. The van der Waals surface area contributed by atoms with Gasteiger partial charge in [0.05, 0.1) is 11.8 Å². The number of aromatic nitrogens is 1. The molecule has 1 fully saturated rings. The van der Waals surface area contributed by atoms with Gasteiger partial charge in [-0.25, -0.2) is 13.8 Å². The van der Waals surface area contributed by atoms with Crippen LogP contribution in [0.25, 0.3) is 11.3 Å². The van der Waals surface area contributed by atoms with Gasteiger partial charge in [0.15, 0.2) is 11.7 Å². The fraction of sp³-hybridized carbons (Fsp3) is 0.524. The van der Waals surface area contributed by atoms with Crippen LogP contribution in [0.5, 0.6) is 0 Å². The van der Waals surface area contributed by atoms with E-state index in [0.717, 1.165) is 18.9 Å². The quantitative estimate of drug-likeness (QED) is 0.727. The number of halogens is 2. The van der Waals surface area contributed by atoms with Crippen molar-refractivity contribution in [2.45, 2.75) is 63.8 Å². The smallest absolute Gasteiger partial charge is 0.223 e. The number of nitrogens with zero attached hydrogens (tertiary/aromatic N) is 2. The van der Waals surface area contributed by atoms with E-state index in [1.54, 1.807) is 0 Å². The van der Waals surface area contributed by atoms with Gasteiger partial charge >= 0.3 is 0 Å². The molecule has 146 valence electrons. The Balaban J connectivity index is 1.56. The minimum Gasteiger partial charge on any atom is -0.441 e. The Morgan fingerprint density at radius 1 is 1.19 bits per heavy atom. The van der Waals surface area contributed by atoms with E-state index in [9.17, 15) is 13.6 Å². The highest BCUT2D eigenvalue weighted by atomic mass is 19.1. The first-order chi connectivity index (χ1) is 13.0. The average Bonchev–Trinajstić information content (AvgIpc) is 3.07. The molecule has 1 heterocycles. The maximum atomic E-state index is 13.8. The van der Waals surface area contributed by atoms with Gasteiger partial charge in [0.1, 0.15) is 11.6 Å². The SMILES string of the molecule is CN(C(=O)CCc1ncc(-c2ccc(F)cc2F)o1)C1CCCCCCC1. The first kappa shape index (κ1) is 19.5. The van der Waals surface area contributed by atoms with Crippen LogP contribution in [0.15, 0.2) is 28.8 Å². The summed E-state index contributed by atoms with van der Waals surface area (Å²) in [6, 6.07) is 3.62. The maximum Gasteiger partial charge on any atom is 0.223 e. The minimum absolute atomic E-state index is 0.0771. The fourth-order valence-electron chi connectivity index (χ4n) is 3.66. The van der Waals surface area contributed by atoms with Gasteiger partial charge in [-0.1, -0.05) is 32.1 Å². The molecule has 1 amide bonds. The number of aryl methyl sites for hydroxylation is 1. The molecular weight excluding hydrogens is 350 g/mol. The average molecular weight is 376 g/mol. The van der Waals surface area contributed by atoms with Crippen LogP contribution in [-0.2, 0) is 11.2 Å². The summed E-state index contributed by atoms with van der Waals surface area (Å²) in [7, 11) is 1.88. The van der Waals surface area contributed by atoms with Gasteiger partial charge in [0, 0.05) is 32.0 Å². The standard InChI is InChI=1S/C21H26F2N2O2/c1-25(16-7-5-3-2-4-6-8-16)21(26)12-11-20-24-14-19(27-20)17-10-9-15(22)13-18(17)23/h9-10,13-14,16H,2-8,11-12H2,1H3. The van der Waals surface area contributed by atoms with E-state index < -0.39 is 11.6 Å². The van der Waals surface area contributed by atoms with Crippen LogP contribution in [-0.4, -0.2) is 28.9 Å². The lowest BCUT2D eigenvalue weighted by Crippen LogP contribution is -2.37. The summed E-state index contributed by atoms with van der Waals surface area (Å²) in [5.74, 6) is -0.638. The second-order valence-electron chi connectivity index (χ2n) is 7.25. The fourth-order valence-corrected chi connectivity index (χ4v) is 3.66. The van der Waals surface area contributed by atoms with E-state index in [-0.39, 0.29) is 17.2 Å². The van der Waals surface area contributed by atoms with Crippen molar-refractivity contribution >= 4 is 5.91 Å². The topological polar surface area (TPSA) is 46.3 Å². The number of benzene rings is 1. The Morgan fingerprint density at radius 2 is 1.89 bits per heavy atom. The van der Waals surface area contributed by atoms with Crippen molar-refractivity contribution in [3.8, 4) is 11.3 Å². The van der Waals surface area contributed by atoms with Crippen LogP contribution in [0.2, 0.25) is 0 Å². The molecule has 0 aliphatic heterocycles. The zero-order valence-corrected chi connectivity index (χ0v) is 15.7. The lowest BCUT2D eigenvalue weighted by atomic mass is 9.95. The van der Waals surface area contributed by atoms with Crippen LogP contribution < -0.4 is 0 Å². The summed E-state index contributed by atoms with van der Waals surface area (Å²) >= 11 is 0. The van der Waals surface area contributed by atoms with E-state index in [2.05, 4.69) is 4.98 Å². The van der Waals surface area contributed by atoms with Crippen molar-refractivity contribution < 1.29 is 18.0 Å². The molecule has 0 atom stereocenters. The van der Waals surface area contributed by atoms with Crippen LogP contribution in [0.3, 0.4) is 0 Å². The third kappa shape index (κ3) is 5.15. The third-order valence-electron chi connectivity index (χ3n) is 5.32. The Morgan fingerprint density at radius 3 is 2.59 bits per heavy atom. The molecule has 0 unspecified atom stereocenters. The molecule has 27 heavy (non-hydrogen) atoms. The van der Waals surface area contributed by atoms with Crippen LogP contribution >= 0.6 is 0 Å². The Hall–Kier alpha value is -2.24. The van der Waals surface area contributed by atoms with Gasteiger partial charge in [0.25, 0.3) is 0 Å². The van der Waals surface area contributed by atoms with Crippen LogP contribution in [0.1, 0.15) is 57.3 Å². The number of carbonyl (C=O) groups excluding carboxylic acids is 1. The molecule has 1 aromatic heterocycles. The van der Waals surface area contributed by atoms with Gasteiger partial charge < -0.3 is 9.32 Å². The van der Waals surface area contributed by atoms with E-state index >= 15 is 0 Å². The van der Waals surface area contributed by atoms with Crippen molar-refractivity contribution in [3.63, 3.8) is 0 Å². The van der Waals surface area contributed by atoms with Gasteiger partial charge in [0.2, 0.25) is 5.91 Å². The highest BCUT2D eigenvalue weighted by Gasteiger charge is 2.21. The normalized spacial score (nSPS) is 16.0. The number of rotatable bonds is 5. The zero-order valence-electron chi connectivity index (χ0n) is 15.7. The molecule has 0 saturated heterocycles. The summed E-state index contributed by atoms with van der Waals surface area (Å²) in [6.07, 6.45) is 10.3. The van der Waals surface area contributed by atoms with Gasteiger partial charge in [-0.3, -0.25) is 4.79 Å². The number of carbonyl (C=O) groups is 1. The Kier molecular flexibility index (Phi) is 6.58. The van der Waals surface area contributed by atoms with Crippen molar-refractivity contribution in [1.82, 2.24) is 9.88 Å². The molecule has 4 nitrogen and oxygen atoms in total. The first-order valence-electron chi connectivity index (χ1n) is 9.70. The molecular formula is C21H26F2N2O2. The van der Waals surface area contributed by atoms with Crippen molar-refractivity contribution in [2.75, 3.05) is 7.05 Å². The Labute approximate surface area is 158 Å². The predicted octanol–water partition coefficient (Wildman–Crippen LogP) is 5.12. The number of amides is 1. The maximum absolute atomic E-state index is 13.8. The largest absolute Gasteiger partial charge is 0.441 e. The lowest BCUT2D eigenvalue weighted by molar-refractivity contribution is -0.132. The summed E-state index contributed by atoms with van der Waals surface area (Å²) in [6.45, 7) is 0. The molecule has 1 aliphatic rings. The first-order valence-corrected chi connectivity index (χ1v) is 9.70. The third-order valence-corrected chi connectivity index (χ3v) is 5.32. The molecule has 3 rings (SSSR count). The monoisotopic (exact) mass is 376 g/mol. The van der Waals surface area contributed by atoms with E-state index in [1.165, 1.54) is 50.4 Å². The highest BCUT2D eigenvalue weighted by molar-refractivity contribution is 5.76. The van der Waals surface area contributed by atoms with Crippen LogP contribution in [0, 0.1) is 11.6 Å². The molecule has 1 aromatic carbocycles. The molecule has 2 aromatic rings. The van der Waals surface area contributed by atoms with Gasteiger partial charge in [-0.15, -0.1) is 0 Å². The molecule has 0 radical (unpaired) electrons. The van der Waals surface area contributed by atoms with E-state index in [0.29, 0.717) is 24.8 Å². The Bertz CT molecular complexity index is 767. The van der Waals surface area contributed by atoms with Gasteiger partial charge in [-0.05, 0) is 25.0 Å². The predicted molar refractivity (Wildman–Crippen MR) is 99.1 cm³/mol. The number of hydrogen-bond donors (Lipinski definition) is 0. The number of hydrogen-bond acceptors (Lipinski definition) is 3. The van der Waals surface area contributed by atoms with Crippen molar-refractivity contribution in [2.24, 2.45) is 0 Å². The molecule has 6 heteroatoms. The van der Waals surface area contributed by atoms with Crippen LogP contribution in [0.4, 0.5) is 8.78 Å². The summed E-state index contributed by atoms with van der Waals surface area (Å²) < 4.78 is 32.4. The minimum atomic E-state index is -0.696. The zero-order chi connectivity index (χ0) is 19.2. The second kappa shape index (κ2) is 9.11. The van der Waals surface area contributed by atoms with Crippen molar-refractivity contribution in [1.29, 1.82) is 0 Å². The molecule has 1 saturated carbocycles. The van der Waals surface area contributed by atoms with E-state index in [1.807, 2.05) is 11.9 Å². The second-order valence-corrected chi connectivity index (χ2v) is 7.25. The highest BCUT2D eigenvalue weighted by Crippen LogP contribution is 2.25. The summed E-state index contributed by atoms with van der Waals surface area (Å²) in [5, 5.41) is 0. The molecule has 0 bridgehead atoms. The molecule has 0 spiro atoms. The number of oxazole rings is 1. The molecule has 0 N–H and O–H groups in total.